The molecule has 1 aliphatic carbocycles. The second-order valence-electron chi connectivity index (χ2n) is 9.80. The van der Waals surface area contributed by atoms with Crippen molar-refractivity contribution in [3.8, 4) is 11.1 Å². The number of pyridine rings is 1. The van der Waals surface area contributed by atoms with Crippen molar-refractivity contribution in [1.82, 2.24) is 10.3 Å². The lowest BCUT2D eigenvalue weighted by molar-refractivity contribution is 0.0951. The molecule has 5 rings (SSSR count). The van der Waals surface area contributed by atoms with E-state index in [9.17, 15) is 9.59 Å². The lowest BCUT2D eigenvalue weighted by Crippen LogP contribution is -2.27. The third kappa shape index (κ3) is 5.37. The van der Waals surface area contributed by atoms with Crippen LogP contribution < -0.4 is 15.5 Å². The normalized spacial score (nSPS) is 17.3. The first-order valence-electron chi connectivity index (χ1n) is 12.5. The molecule has 2 heterocycles. The van der Waals surface area contributed by atoms with E-state index in [0.717, 1.165) is 54.1 Å². The summed E-state index contributed by atoms with van der Waals surface area (Å²) in [4.78, 5) is 32.1. The minimum atomic E-state index is -0.155. The molecule has 0 radical (unpaired) electrons. The van der Waals surface area contributed by atoms with Crippen LogP contribution in [0.15, 0.2) is 60.8 Å². The average Bonchev–Trinajstić information content (AvgIpc) is 3.62. The maximum Gasteiger partial charge on any atom is 0.255 e. The van der Waals surface area contributed by atoms with E-state index in [4.69, 9.17) is 0 Å². The molecule has 2 amide bonds. The van der Waals surface area contributed by atoms with Crippen LogP contribution in [0.5, 0.6) is 0 Å². The van der Waals surface area contributed by atoms with Gasteiger partial charge in [-0.15, -0.1) is 0 Å². The molecule has 35 heavy (non-hydrogen) atoms. The molecule has 6 nitrogen and oxygen atoms in total. The van der Waals surface area contributed by atoms with Gasteiger partial charge in [-0.1, -0.05) is 18.2 Å². The van der Waals surface area contributed by atoms with Crippen molar-refractivity contribution in [2.75, 3.05) is 23.3 Å². The first-order valence-corrected chi connectivity index (χ1v) is 12.5. The number of nitrogens with one attached hydrogen (secondary N) is 2. The third-order valence-corrected chi connectivity index (χ3v) is 7.06. The summed E-state index contributed by atoms with van der Waals surface area (Å²) in [7, 11) is 0. The summed E-state index contributed by atoms with van der Waals surface area (Å²) in [5.41, 5.74) is 5.12. The zero-order chi connectivity index (χ0) is 24.4. The Morgan fingerprint density at radius 2 is 1.77 bits per heavy atom. The number of nitrogens with zero attached hydrogens (tertiary/aromatic N) is 2. The van der Waals surface area contributed by atoms with Gasteiger partial charge in [0.25, 0.3) is 11.8 Å². The van der Waals surface area contributed by atoms with Gasteiger partial charge < -0.3 is 15.5 Å². The van der Waals surface area contributed by atoms with Gasteiger partial charge in [-0.2, -0.15) is 0 Å². The quantitative estimate of drug-likeness (QED) is 0.484. The molecule has 3 aromatic rings. The highest BCUT2D eigenvalue weighted by atomic mass is 16.2. The Morgan fingerprint density at radius 1 is 0.971 bits per heavy atom. The van der Waals surface area contributed by atoms with Crippen LogP contribution in [0.25, 0.3) is 11.1 Å². The van der Waals surface area contributed by atoms with Gasteiger partial charge in [0.2, 0.25) is 0 Å². The highest BCUT2D eigenvalue weighted by Crippen LogP contribution is 2.29. The Kier molecular flexibility index (Phi) is 6.53. The van der Waals surface area contributed by atoms with Crippen molar-refractivity contribution in [1.29, 1.82) is 0 Å². The Bertz CT molecular complexity index is 1230. The van der Waals surface area contributed by atoms with Gasteiger partial charge in [-0.3, -0.25) is 9.59 Å². The zero-order valence-electron chi connectivity index (χ0n) is 20.4. The van der Waals surface area contributed by atoms with Gasteiger partial charge in [0.05, 0.1) is 0 Å². The number of carbonyl (C=O) groups is 2. The molecule has 2 aliphatic rings. The molecule has 1 atom stereocenters. The van der Waals surface area contributed by atoms with E-state index in [-0.39, 0.29) is 11.8 Å². The van der Waals surface area contributed by atoms with E-state index in [1.165, 1.54) is 12.8 Å². The summed E-state index contributed by atoms with van der Waals surface area (Å²) in [6.07, 6.45) is 6.43. The first kappa shape index (κ1) is 23.1. The number of benzene rings is 2. The molecule has 180 valence electrons. The number of hydrogen-bond donors (Lipinski definition) is 2. The number of amides is 2. The van der Waals surface area contributed by atoms with Gasteiger partial charge >= 0.3 is 0 Å². The minimum Gasteiger partial charge on any atom is -0.354 e. The lowest BCUT2D eigenvalue weighted by Gasteiger charge is -2.22. The van der Waals surface area contributed by atoms with Crippen molar-refractivity contribution < 1.29 is 9.59 Å². The van der Waals surface area contributed by atoms with Crippen molar-refractivity contribution in [2.24, 2.45) is 5.92 Å². The number of hydrogen-bond acceptors (Lipinski definition) is 4. The number of aromatic nitrogens is 1. The lowest BCUT2D eigenvalue weighted by atomic mass is 9.98. The smallest absolute Gasteiger partial charge is 0.255 e. The summed E-state index contributed by atoms with van der Waals surface area (Å²) in [5, 5.41) is 6.05. The van der Waals surface area contributed by atoms with E-state index < -0.39 is 0 Å². The largest absolute Gasteiger partial charge is 0.354 e. The predicted octanol–water partition coefficient (Wildman–Crippen LogP) is 5.44. The van der Waals surface area contributed by atoms with Crippen LogP contribution in [0, 0.1) is 12.8 Å². The highest BCUT2D eigenvalue weighted by Gasteiger charge is 2.23. The maximum absolute atomic E-state index is 13.0. The van der Waals surface area contributed by atoms with E-state index in [1.807, 2.05) is 55.5 Å². The van der Waals surface area contributed by atoms with E-state index >= 15 is 0 Å². The van der Waals surface area contributed by atoms with Crippen LogP contribution in [0.1, 0.15) is 58.9 Å². The molecule has 1 aliphatic heterocycles. The topological polar surface area (TPSA) is 74.3 Å². The van der Waals surface area contributed by atoms with Crippen LogP contribution in [0.2, 0.25) is 0 Å². The third-order valence-electron chi connectivity index (χ3n) is 7.06. The second-order valence-corrected chi connectivity index (χ2v) is 9.80. The summed E-state index contributed by atoms with van der Waals surface area (Å²) in [5.74, 6) is 1.33. The van der Waals surface area contributed by atoms with Crippen LogP contribution in [0.4, 0.5) is 11.5 Å². The Labute approximate surface area is 206 Å². The molecule has 2 N–H and O–H groups in total. The molecule has 2 fully saturated rings. The Hall–Kier alpha value is -3.67. The number of carbonyl (C=O) groups excluding carboxylic acids is 2. The standard InChI is InChI=1S/C29H32N4O2/c1-19-5-12-25(32-29(35)24-13-14-30-27(16-24)33-15-3-4-20(33)2)17-26(19)22-8-10-23(11-9-22)28(34)31-18-21-6-7-21/h5,8-14,16-17,20-21H,3-4,6-7,15,18H2,1-2H3,(H,31,34)(H,32,35). The zero-order valence-corrected chi connectivity index (χ0v) is 20.4. The van der Waals surface area contributed by atoms with Crippen molar-refractivity contribution in [3.05, 3.63) is 77.5 Å². The SMILES string of the molecule is Cc1ccc(NC(=O)c2ccnc(N3CCCC3C)c2)cc1-c1ccc(C(=O)NCC2CC2)cc1. The van der Waals surface area contributed by atoms with E-state index in [2.05, 4.69) is 27.4 Å². The molecule has 1 unspecified atom stereocenters. The second kappa shape index (κ2) is 9.90. The van der Waals surface area contributed by atoms with E-state index in [0.29, 0.717) is 23.1 Å². The summed E-state index contributed by atoms with van der Waals surface area (Å²) >= 11 is 0. The molecule has 0 spiro atoms. The summed E-state index contributed by atoms with van der Waals surface area (Å²) in [6.45, 7) is 5.98. The molecular weight excluding hydrogens is 436 g/mol. The predicted molar refractivity (Wildman–Crippen MR) is 140 cm³/mol. The molecule has 1 saturated heterocycles. The van der Waals surface area contributed by atoms with Crippen molar-refractivity contribution in [3.63, 3.8) is 0 Å². The minimum absolute atomic E-state index is 0.0266. The molecule has 2 aromatic carbocycles. The Morgan fingerprint density at radius 3 is 2.49 bits per heavy atom. The van der Waals surface area contributed by atoms with Gasteiger partial charge in [0.15, 0.2) is 0 Å². The van der Waals surface area contributed by atoms with Crippen LogP contribution in [0.3, 0.4) is 0 Å². The number of aryl methyl sites for hydroxylation is 1. The molecule has 0 bridgehead atoms. The number of anilines is 2. The number of rotatable bonds is 7. The molecule has 6 heteroatoms. The van der Waals surface area contributed by atoms with Gasteiger partial charge in [-0.25, -0.2) is 4.98 Å². The maximum atomic E-state index is 13.0. The fourth-order valence-electron chi connectivity index (χ4n) is 4.67. The highest BCUT2D eigenvalue weighted by molar-refractivity contribution is 6.05. The summed E-state index contributed by atoms with van der Waals surface area (Å²) < 4.78 is 0. The van der Waals surface area contributed by atoms with E-state index in [1.54, 1.807) is 12.3 Å². The monoisotopic (exact) mass is 468 g/mol. The van der Waals surface area contributed by atoms with Crippen LogP contribution in [-0.2, 0) is 0 Å². The molecule has 1 aromatic heterocycles. The fraction of sp³-hybridized carbons (Fsp3) is 0.345. The van der Waals surface area contributed by atoms with Crippen molar-refractivity contribution >= 4 is 23.3 Å². The average molecular weight is 469 g/mol. The molecular formula is C29H32N4O2. The van der Waals surface area contributed by atoms with Crippen LogP contribution >= 0.6 is 0 Å². The van der Waals surface area contributed by atoms with Gasteiger partial charge in [-0.05, 0) is 98.5 Å². The Balaban J connectivity index is 1.29. The first-order chi connectivity index (χ1) is 17.0. The summed E-state index contributed by atoms with van der Waals surface area (Å²) in [6, 6.07) is 17.6. The van der Waals surface area contributed by atoms with Gasteiger partial charge in [0.1, 0.15) is 5.82 Å². The van der Waals surface area contributed by atoms with Crippen LogP contribution in [-0.4, -0.2) is 35.9 Å². The van der Waals surface area contributed by atoms with Gasteiger partial charge in [0, 0.05) is 42.1 Å². The van der Waals surface area contributed by atoms with Crippen molar-refractivity contribution in [2.45, 2.75) is 45.6 Å². The molecule has 1 saturated carbocycles. The fourth-order valence-corrected chi connectivity index (χ4v) is 4.67.